The Morgan fingerprint density at radius 2 is 2.22 bits per heavy atom. The van der Waals surface area contributed by atoms with Crippen LogP contribution in [0.1, 0.15) is 25.3 Å². The van der Waals surface area contributed by atoms with Crippen molar-refractivity contribution in [2.75, 3.05) is 13.7 Å². The highest BCUT2D eigenvalue weighted by Crippen LogP contribution is 2.28. The maximum Gasteiger partial charge on any atom is 0.291 e. The van der Waals surface area contributed by atoms with E-state index in [-0.39, 0.29) is 5.56 Å². The van der Waals surface area contributed by atoms with Gasteiger partial charge in [0.25, 0.3) is 5.56 Å². The molecule has 0 saturated heterocycles. The Morgan fingerprint density at radius 3 is 2.96 bits per heavy atom. The number of rotatable bonds is 6. The molecule has 3 rings (SSSR count). The summed E-state index contributed by atoms with van der Waals surface area (Å²) in [7, 11) is 1.61. The number of methoxy groups -OCH3 is 1. The highest BCUT2D eigenvalue weighted by Gasteiger charge is 2.07. The van der Waals surface area contributed by atoms with E-state index in [1.54, 1.807) is 7.11 Å². The predicted molar refractivity (Wildman–Crippen MR) is 89.3 cm³/mol. The van der Waals surface area contributed by atoms with E-state index in [1.165, 1.54) is 22.2 Å². The van der Waals surface area contributed by atoms with Gasteiger partial charge in [0, 0.05) is 0 Å². The maximum absolute atomic E-state index is 12.2. The van der Waals surface area contributed by atoms with Gasteiger partial charge >= 0.3 is 0 Å². The first kappa shape index (κ1) is 15.5. The van der Waals surface area contributed by atoms with Crippen molar-refractivity contribution >= 4 is 22.4 Å². The van der Waals surface area contributed by atoms with Gasteiger partial charge in [-0.05, 0) is 30.2 Å². The van der Waals surface area contributed by atoms with Gasteiger partial charge < -0.3 is 9.47 Å². The molecule has 0 fully saturated rings. The van der Waals surface area contributed by atoms with Gasteiger partial charge in [0.05, 0.1) is 18.2 Å². The molecule has 3 aromatic rings. The van der Waals surface area contributed by atoms with Gasteiger partial charge in [-0.25, -0.2) is 4.98 Å². The van der Waals surface area contributed by atoms with E-state index in [1.807, 2.05) is 24.3 Å². The van der Waals surface area contributed by atoms with Crippen LogP contribution in [0.25, 0.3) is 11.0 Å². The molecule has 0 amide bonds. The minimum atomic E-state index is -0.162. The second kappa shape index (κ2) is 6.78. The Kier molecular flexibility index (Phi) is 4.57. The van der Waals surface area contributed by atoms with Crippen LogP contribution >= 0.6 is 11.3 Å². The number of thiazole rings is 1. The molecule has 0 spiro atoms. The van der Waals surface area contributed by atoms with Crippen LogP contribution in [0.5, 0.6) is 11.5 Å². The number of benzene rings is 1. The lowest BCUT2D eigenvalue weighted by atomic mass is 10.2. The fourth-order valence-electron chi connectivity index (χ4n) is 2.15. The largest absolute Gasteiger partial charge is 0.493 e. The quantitative estimate of drug-likeness (QED) is 0.645. The van der Waals surface area contributed by atoms with Gasteiger partial charge in [-0.15, -0.1) is 0 Å². The van der Waals surface area contributed by atoms with Crippen molar-refractivity contribution in [2.45, 2.75) is 19.8 Å². The van der Waals surface area contributed by atoms with Crippen molar-refractivity contribution in [2.24, 2.45) is 0 Å². The van der Waals surface area contributed by atoms with E-state index in [0.29, 0.717) is 27.6 Å². The molecule has 0 radical (unpaired) electrons. The van der Waals surface area contributed by atoms with Gasteiger partial charge in [0.1, 0.15) is 6.33 Å². The lowest BCUT2D eigenvalue weighted by Crippen LogP contribution is -2.23. The zero-order chi connectivity index (χ0) is 16.2. The van der Waals surface area contributed by atoms with Crippen LogP contribution in [-0.2, 0) is 0 Å². The molecule has 0 aliphatic heterocycles. The summed E-state index contributed by atoms with van der Waals surface area (Å²) in [5.74, 6) is 1.37. The van der Waals surface area contributed by atoms with Crippen molar-refractivity contribution in [3.63, 3.8) is 0 Å². The number of ether oxygens (including phenoxy) is 2. The van der Waals surface area contributed by atoms with Gasteiger partial charge in [0.2, 0.25) is 4.96 Å². The number of nitrogens with zero attached hydrogens (tertiary/aromatic N) is 3. The van der Waals surface area contributed by atoms with E-state index in [4.69, 9.17) is 9.47 Å². The van der Waals surface area contributed by atoms with Crippen molar-refractivity contribution < 1.29 is 9.47 Å². The molecule has 1 aromatic carbocycles. The van der Waals surface area contributed by atoms with E-state index in [0.717, 1.165) is 18.4 Å². The minimum Gasteiger partial charge on any atom is -0.493 e. The molecule has 6 nitrogen and oxygen atoms in total. The van der Waals surface area contributed by atoms with Crippen molar-refractivity contribution in [1.29, 1.82) is 0 Å². The third-order valence-corrected chi connectivity index (χ3v) is 4.34. The molecule has 0 aliphatic rings. The van der Waals surface area contributed by atoms with Crippen LogP contribution in [0.4, 0.5) is 0 Å². The van der Waals surface area contributed by atoms with Crippen LogP contribution in [0, 0.1) is 0 Å². The standard InChI is InChI=1S/C16H17N3O3S/c1-3-4-7-22-12-6-5-11(8-13(12)21-2)9-14-15(20)19-16(23-14)17-10-18-19/h5-6,8-10H,3-4,7H2,1-2H3/b14-9+. The first-order chi connectivity index (χ1) is 11.2. The summed E-state index contributed by atoms with van der Waals surface area (Å²) in [6, 6.07) is 5.62. The molecular weight excluding hydrogens is 314 g/mol. The van der Waals surface area contributed by atoms with Crippen LogP contribution < -0.4 is 19.6 Å². The fourth-order valence-corrected chi connectivity index (χ4v) is 3.03. The predicted octanol–water partition coefficient (Wildman–Crippen LogP) is 1.89. The highest BCUT2D eigenvalue weighted by atomic mass is 32.1. The zero-order valence-corrected chi connectivity index (χ0v) is 13.8. The summed E-state index contributed by atoms with van der Waals surface area (Å²) < 4.78 is 13.0. The van der Waals surface area contributed by atoms with Crippen LogP contribution in [0.15, 0.2) is 29.3 Å². The summed E-state index contributed by atoms with van der Waals surface area (Å²) in [4.78, 5) is 16.8. The minimum absolute atomic E-state index is 0.162. The van der Waals surface area contributed by atoms with Crippen LogP contribution in [-0.4, -0.2) is 28.3 Å². The molecule has 0 N–H and O–H groups in total. The maximum atomic E-state index is 12.2. The number of fused-ring (bicyclic) bond motifs is 1. The topological polar surface area (TPSA) is 65.7 Å². The monoisotopic (exact) mass is 331 g/mol. The molecule has 2 aromatic heterocycles. The van der Waals surface area contributed by atoms with E-state index >= 15 is 0 Å². The molecule has 0 atom stereocenters. The third-order valence-electron chi connectivity index (χ3n) is 3.36. The first-order valence-corrected chi connectivity index (χ1v) is 8.19. The van der Waals surface area contributed by atoms with Gasteiger partial charge in [-0.2, -0.15) is 9.61 Å². The second-order valence-electron chi connectivity index (χ2n) is 4.98. The summed E-state index contributed by atoms with van der Waals surface area (Å²) in [5.41, 5.74) is 0.705. The lowest BCUT2D eigenvalue weighted by Gasteiger charge is -2.10. The van der Waals surface area contributed by atoms with Crippen molar-refractivity contribution in [3.05, 3.63) is 45.0 Å². The van der Waals surface area contributed by atoms with E-state index < -0.39 is 0 Å². The second-order valence-corrected chi connectivity index (χ2v) is 5.99. The van der Waals surface area contributed by atoms with Gasteiger partial charge in [-0.3, -0.25) is 4.79 Å². The smallest absolute Gasteiger partial charge is 0.291 e. The summed E-state index contributed by atoms with van der Waals surface area (Å²) in [6.07, 6.45) is 5.26. The zero-order valence-electron chi connectivity index (χ0n) is 13.0. The molecular formula is C16H17N3O3S. The van der Waals surface area contributed by atoms with Crippen LogP contribution in [0.2, 0.25) is 0 Å². The van der Waals surface area contributed by atoms with Gasteiger partial charge in [-0.1, -0.05) is 30.7 Å². The SMILES string of the molecule is CCCCOc1ccc(/C=c2/sc3ncnn3c2=O)cc1OC. The average Bonchev–Trinajstić information content (AvgIpc) is 3.13. The summed E-state index contributed by atoms with van der Waals surface area (Å²) in [5, 5.41) is 3.91. The Bertz CT molecular complexity index is 916. The van der Waals surface area contributed by atoms with Crippen molar-refractivity contribution in [1.82, 2.24) is 14.6 Å². The normalized spacial score (nSPS) is 12.0. The lowest BCUT2D eigenvalue weighted by molar-refractivity contribution is 0.288. The molecule has 0 aliphatic carbocycles. The summed E-state index contributed by atoms with van der Waals surface area (Å²) >= 11 is 1.31. The molecule has 2 heterocycles. The molecule has 23 heavy (non-hydrogen) atoms. The van der Waals surface area contributed by atoms with Crippen molar-refractivity contribution in [3.8, 4) is 11.5 Å². The molecule has 0 saturated carbocycles. The number of unbranched alkanes of at least 4 members (excludes halogenated alkanes) is 1. The third kappa shape index (κ3) is 3.19. The van der Waals surface area contributed by atoms with Gasteiger partial charge in [0.15, 0.2) is 11.5 Å². The highest BCUT2D eigenvalue weighted by molar-refractivity contribution is 7.15. The van der Waals surface area contributed by atoms with E-state index in [9.17, 15) is 4.79 Å². The Balaban J connectivity index is 1.94. The Hall–Kier alpha value is -2.41. The Morgan fingerprint density at radius 1 is 1.35 bits per heavy atom. The molecule has 0 unspecified atom stereocenters. The fraction of sp³-hybridized carbons (Fsp3) is 0.312. The van der Waals surface area contributed by atoms with E-state index in [2.05, 4.69) is 17.0 Å². The molecule has 0 bridgehead atoms. The Labute approximate surface area is 137 Å². The number of hydrogen-bond donors (Lipinski definition) is 0. The van der Waals surface area contributed by atoms with Crippen LogP contribution in [0.3, 0.4) is 0 Å². The molecule has 7 heteroatoms. The number of aromatic nitrogens is 3. The summed E-state index contributed by atoms with van der Waals surface area (Å²) in [6.45, 7) is 2.78. The number of hydrogen-bond acceptors (Lipinski definition) is 6. The first-order valence-electron chi connectivity index (χ1n) is 7.38. The average molecular weight is 331 g/mol. The molecule has 120 valence electrons.